The van der Waals surface area contributed by atoms with Gasteiger partial charge in [-0.25, -0.2) is 0 Å². The van der Waals surface area contributed by atoms with Crippen molar-refractivity contribution in [2.75, 3.05) is 13.2 Å². The Bertz CT molecular complexity index is 724. The number of fused-ring (bicyclic) bond motifs is 5. The van der Waals surface area contributed by atoms with Gasteiger partial charge in [-0.1, -0.05) is 19.0 Å². The molecule has 6 atom stereocenters. The predicted octanol–water partition coefficient (Wildman–Crippen LogP) is 5.11. The molecule has 0 aliphatic heterocycles. The van der Waals surface area contributed by atoms with Crippen molar-refractivity contribution in [1.82, 2.24) is 0 Å². The first-order chi connectivity index (χ1) is 13.3. The molecule has 0 heterocycles. The molecule has 4 nitrogen and oxygen atoms in total. The first kappa shape index (κ1) is 22.7. The molecular weight excluding hydrogens is 398 g/mol. The molecule has 0 amide bonds. The number of nitrogens with two attached hydrogens (primary N) is 1. The van der Waals surface area contributed by atoms with E-state index in [1.807, 2.05) is 6.92 Å². The maximum absolute atomic E-state index is 14.1. The number of carbonyl (C=O) groups excluding carboxylic acids is 1. The number of rotatable bonds is 3. The molecule has 4 fully saturated rings. The fraction of sp³-hybridized carbons (Fsp3) is 0.818. The van der Waals surface area contributed by atoms with E-state index in [2.05, 4.69) is 12.1 Å². The highest BCUT2D eigenvalue weighted by molar-refractivity contribution is 5.87. The van der Waals surface area contributed by atoms with Crippen molar-refractivity contribution in [3.05, 3.63) is 11.7 Å². The average Bonchev–Trinajstić information content (AvgIpc) is 2.96. The minimum atomic E-state index is -1.51. The van der Waals surface area contributed by atoms with Gasteiger partial charge in [-0.2, -0.15) is 8.78 Å². The number of nitrogens with zero attached hydrogens (tertiary/aromatic N) is 1. The van der Waals surface area contributed by atoms with E-state index >= 15 is 0 Å². The molecule has 29 heavy (non-hydrogen) atoms. The molecule has 1 unspecified atom stereocenters. The molecule has 0 radical (unpaired) electrons. The summed E-state index contributed by atoms with van der Waals surface area (Å²) in [6.45, 7) is 5.14. The lowest BCUT2D eigenvalue weighted by atomic mass is 9.44. The van der Waals surface area contributed by atoms with Crippen molar-refractivity contribution in [2.24, 2.45) is 45.4 Å². The molecule has 0 spiro atoms. The summed E-state index contributed by atoms with van der Waals surface area (Å²) in [6, 6.07) is 0. The van der Waals surface area contributed by atoms with Gasteiger partial charge in [0.1, 0.15) is 12.4 Å². The van der Waals surface area contributed by atoms with E-state index in [0.717, 1.165) is 44.2 Å². The van der Waals surface area contributed by atoms with Crippen molar-refractivity contribution in [2.45, 2.75) is 65.2 Å². The van der Waals surface area contributed by atoms with Crippen molar-refractivity contribution in [3.63, 3.8) is 0 Å². The van der Waals surface area contributed by atoms with Crippen LogP contribution in [0.1, 0.15) is 65.2 Å². The summed E-state index contributed by atoms with van der Waals surface area (Å²) in [6.07, 6.45) is 4.52. The fourth-order valence-corrected chi connectivity index (χ4v) is 7.05. The van der Waals surface area contributed by atoms with Gasteiger partial charge in [0, 0.05) is 18.4 Å². The van der Waals surface area contributed by atoms with Crippen LogP contribution in [-0.2, 0) is 9.63 Å². The lowest BCUT2D eigenvalue weighted by Gasteiger charge is -2.60. The maximum atomic E-state index is 14.1. The number of ketones is 1. The summed E-state index contributed by atoms with van der Waals surface area (Å²) in [7, 11) is 0. The van der Waals surface area contributed by atoms with Crippen LogP contribution in [0.15, 0.2) is 16.8 Å². The Morgan fingerprint density at radius 2 is 1.93 bits per heavy atom. The summed E-state index contributed by atoms with van der Waals surface area (Å²) >= 11 is 0. The Labute approximate surface area is 178 Å². The Morgan fingerprint density at radius 1 is 1.17 bits per heavy atom. The molecule has 4 aliphatic rings. The van der Waals surface area contributed by atoms with Gasteiger partial charge in [-0.05, 0) is 79.6 Å². The largest absolute Gasteiger partial charge is 0.395 e. The fourth-order valence-electron chi connectivity index (χ4n) is 7.05. The van der Waals surface area contributed by atoms with Crippen LogP contribution in [0.2, 0.25) is 0 Å². The summed E-state index contributed by atoms with van der Waals surface area (Å²) in [5.41, 5.74) is 6.39. The monoisotopic (exact) mass is 430 g/mol. The topological polar surface area (TPSA) is 64.7 Å². The zero-order chi connectivity index (χ0) is 20.1. The van der Waals surface area contributed by atoms with E-state index in [1.165, 1.54) is 0 Å². The minimum absolute atomic E-state index is 0. The molecule has 0 aromatic carbocycles. The zero-order valence-corrected chi connectivity index (χ0v) is 18.2. The number of carbonyl (C=O) groups is 1. The lowest BCUT2D eigenvalue weighted by Crippen LogP contribution is -2.54. The van der Waals surface area contributed by atoms with Gasteiger partial charge in [-0.3, -0.25) is 4.79 Å². The summed E-state index contributed by atoms with van der Waals surface area (Å²) in [5, 5.41) is 4.23. The van der Waals surface area contributed by atoms with Gasteiger partial charge in [-0.15, -0.1) is 12.4 Å². The van der Waals surface area contributed by atoms with Crippen LogP contribution in [0.5, 0.6) is 0 Å². The Morgan fingerprint density at radius 3 is 2.62 bits per heavy atom. The van der Waals surface area contributed by atoms with E-state index in [-0.39, 0.29) is 47.3 Å². The molecule has 4 saturated carbocycles. The molecular formula is C22H33ClF2N2O2. The van der Waals surface area contributed by atoms with E-state index in [4.69, 9.17) is 10.6 Å². The predicted molar refractivity (Wildman–Crippen MR) is 111 cm³/mol. The van der Waals surface area contributed by atoms with Crippen LogP contribution in [0, 0.1) is 34.5 Å². The number of hydrogen-bond donors (Lipinski definition) is 1. The van der Waals surface area contributed by atoms with Gasteiger partial charge in [0.25, 0.3) is 6.08 Å². The van der Waals surface area contributed by atoms with Crippen LogP contribution in [0.4, 0.5) is 8.78 Å². The Balaban J connectivity index is 0.00000240. The van der Waals surface area contributed by atoms with Gasteiger partial charge >= 0.3 is 0 Å². The SMILES string of the molecule is C[C@]12CCC(=NOCCN)CC1CC(=C(F)F)[C@@H]1[C@@H]2CC[C@]2(C)C(=O)CC[C@@H]12.Cl. The summed E-state index contributed by atoms with van der Waals surface area (Å²) < 4.78 is 28.3. The molecule has 4 rings (SSSR count). The first-order valence-electron chi connectivity index (χ1n) is 10.8. The second kappa shape index (κ2) is 8.26. The van der Waals surface area contributed by atoms with Crippen molar-refractivity contribution in [1.29, 1.82) is 0 Å². The number of Topliss-reactive ketones (excluding diaryl/α,β-unsaturated/α-hetero) is 1. The molecule has 4 aliphatic carbocycles. The number of allylic oxidation sites excluding steroid dienone is 1. The first-order valence-corrected chi connectivity index (χ1v) is 10.8. The van der Waals surface area contributed by atoms with Crippen LogP contribution in [0.25, 0.3) is 0 Å². The van der Waals surface area contributed by atoms with E-state index < -0.39 is 11.5 Å². The smallest absolute Gasteiger partial charge is 0.269 e. The van der Waals surface area contributed by atoms with Gasteiger partial charge in [0.2, 0.25) is 0 Å². The van der Waals surface area contributed by atoms with E-state index in [1.54, 1.807) is 0 Å². The molecule has 0 bridgehead atoms. The van der Waals surface area contributed by atoms with Crippen molar-refractivity contribution in [3.8, 4) is 0 Å². The van der Waals surface area contributed by atoms with E-state index in [0.29, 0.717) is 31.6 Å². The van der Waals surface area contributed by atoms with Crippen LogP contribution in [-0.4, -0.2) is 24.6 Å². The highest BCUT2D eigenvalue weighted by Crippen LogP contribution is 2.67. The third-order valence-corrected chi connectivity index (χ3v) is 8.71. The summed E-state index contributed by atoms with van der Waals surface area (Å²) in [4.78, 5) is 17.8. The highest BCUT2D eigenvalue weighted by Gasteiger charge is 2.62. The molecule has 0 saturated heterocycles. The number of oxime groups is 1. The Kier molecular flexibility index (Phi) is 6.45. The van der Waals surface area contributed by atoms with Gasteiger partial charge in [0.15, 0.2) is 0 Å². The third kappa shape index (κ3) is 3.54. The van der Waals surface area contributed by atoms with Crippen LogP contribution in [0.3, 0.4) is 0 Å². The lowest BCUT2D eigenvalue weighted by molar-refractivity contribution is -0.133. The third-order valence-electron chi connectivity index (χ3n) is 8.71. The standard InChI is InChI=1S/C22H32F2N2O2.ClH/c1-21-7-5-14(26-28-10-9-25)11-13(21)12-15(20(23)24)19-16-3-4-18(27)22(16,2)8-6-17(19)21;/h13,16-17,19H,3-12,25H2,1-2H3;1H/t13?,16-,17-,19-,21-,22-;/m0./s1. The molecule has 0 aromatic rings. The second-order valence-corrected chi connectivity index (χ2v) is 9.83. The van der Waals surface area contributed by atoms with Crippen molar-refractivity contribution < 1.29 is 18.4 Å². The maximum Gasteiger partial charge on any atom is 0.269 e. The Hall–Kier alpha value is -1.01. The van der Waals surface area contributed by atoms with Gasteiger partial charge < -0.3 is 10.6 Å². The normalized spacial score (nSPS) is 42.6. The summed E-state index contributed by atoms with van der Waals surface area (Å²) in [5.74, 6) is 0.635. The highest BCUT2D eigenvalue weighted by atomic mass is 35.5. The van der Waals surface area contributed by atoms with Crippen molar-refractivity contribution >= 4 is 23.9 Å². The van der Waals surface area contributed by atoms with Crippen LogP contribution >= 0.6 is 12.4 Å². The second-order valence-electron chi connectivity index (χ2n) is 9.83. The molecule has 0 aromatic heterocycles. The molecule has 7 heteroatoms. The van der Waals surface area contributed by atoms with Gasteiger partial charge in [0.05, 0.1) is 5.71 Å². The number of hydrogen-bond acceptors (Lipinski definition) is 4. The zero-order valence-electron chi connectivity index (χ0n) is 17.4. The van der Waals surface area contributed by atoms with E-state index in [9.17, 15) is 13.6 Å². The quantitative estimate of drug-likeness (QED) is 0.499. The average molecular weight is 431 g/mol. The minimum Gasteiger partial charge on any atom is -0.395 e. The van der Waals surface area contributed by atoms with Crippen LogP contribution < -0.4 is 5.73 Å². The molecule has 164 valence electrons. The number of halogens is 3. The molecule has 2 N–H and O–H groups in total.